The number of non-ortho nitro benzene ring substituents is 1. The first-order valence-corrected chi connectivity index (χ1v) is 8.96. The Kier molecular flexibility index (Phi) is 6.10. The Morgan fingerprint density at radius 2 is 2.00 bits per heavy atom. The van der Waals surface area contributed by atoms with Crippen molar-refractivity contribution in [2.45, 2.75) is 17.7 Å². The second kappa shape index (κ2) is 8.08. The molecule has 0 fully saturated rings. The fourth-order valence-corrected chi connectivity index (χ4v) is 4.11. The molecule has 0 saturated heterocycles. The van der Waals surface area contributed by atoms with Crippen molar-refractivity contribution in [1.29, 1.82) is 0 Å². The van der Waals surface area contributed by atoms with E-state index < -0.39 is 10.8 Å². The van der Waals surface area contributed by atoms with Crippen molar-refractivity contribution >= 4 is 46.3 Å². The molecule has 2 aromatic rings. The molecule has 0 atom stereocenters. The van der Waals surface area contributed by atoms with E-state index in [0.29, 0.717) is 10.0 Å². The van der Waals surface area contributed by atoms with Crippen LogP contribution >= 0.6 is 23.1 Å². The van der Waals surface area contributed by atoms with E-state index >= 15 is 0 Å². The number of aryl methyl sites for hydroxylation is 1. The van der Waals surface area contributed by atoms with E-state index in [9.17, 15) is 19.7 Å². The lowest BCUT2D eigenvalue weighted by Crippen LogP contribution is -2.27. The van der Waals surface area contributed by atoms with Gasteiger partial charge in [-0.1, -0.05) is 11.8 Å². The number of nitro groups is 1. The maximum Gasteiger partial charge on any atom is 0.269 e. The Bertz CT molecular complexity index is 804. The average molecular weight is 380 g/mol. The van der Waals surface area contributed by atoms with Crippen LogP contribution in [0.1, 0.15) is 10.6 Å². The lowest BCUT2D eigenvalue weighted by Gasteiger charge is -2.16. The van der Waals surface area contributed by atoms with Gasteiger partial charge < -0.3 is 10.6 Å². The number of hydrogen-bond acceptors (Lipinski definition) is 7. The molecule has 0 spiro atoms. The Hall–Kier alpha value is -2.46. The largest absolute Gasteiger partial charge is 0.369 e. The third-order valence-corrected chi connectivity index (χ3v) is 5.63. The summed E-state index contributed by atoms with van der Waals surface area (Å²) < 4.78 is 0.694. The zero-order valence-electron chi connectivity index (χ0n) is 13.6. The predicted molar refractivity (Wildman–Crippen MR) is 97.0 cm³/mol. The average Bonchev–Trinajstić information content (AvgIpc) is 2.91. The summed E-state index contributed by atoms with van der Waals surface area (Å²) in [6.45, 7) is 1.80. The minimum Gasteiger partial charge on any atom is -0.369 e. The summed E-state index contributed by atoms with van der Waals surface area (Å²) in [6, 6.07) is 5.76. The summed E-state index contributed by atoms with van der Waals surface area (Å²) >= 11 is 2.63. The van der Waals surface area contributed by atoms with Gasteiger partial charge in [0.2, 0.25) is 11.8 Å². The van der Waals surface area contributed by atoms with Gasteiger partial charge in [0, 0.05) is 29.7 Å². The van der Waals surface area contributed by atoms with Gasteiger partial charge in [-0.05, 0) is 19.1 Å². The number of carbonyl (C=O) groups excluding carboxylic acids is 2. The molecule has 1 heterocycles. The molecule has 0 radical (unpaired) electrons. The molecule has 0 unspecified atom stereocenters. The highest BCUT2D eigenvalue weighted by Gasteiger charge is 2.16. The molecule has 0 aliphatic carbocycles. The molecule has 1 aromatic carbocycles. The van der Waals surface area contributed by atoms with Crippen molar-refractivity contribution in [3.63, 3.8) is 0 Å². The van der Waals surface area contributed by atoms with Crippen LogP contribution in [0.2, 0.25) is 0 Å². The third kappa shape index (κ3) is 5.00. The van der Waals surface area contributed by atoms with Gasteiger partial charge in [-0.3, -0.25) is 19.7 Å². The molecule has 132 valence electrons. The van der Waals surface area contributed by atoms with Crippen LogP contribution in [-0.4, -0.2) is 34.5 Å². The van der Waals surface area contributed by atoms with Gasteiger partial charge in [-0.25, -0.2) is 4.98 Å². The molecule has 1 aromatic heterocycles. The van der Waals surface area contributed by atoms with Crippen LogP contribution in [0.5, 0.6) is 0 Å². The molecule has 25 heavy (non-hydrogen) atoms. The van der Waals surface area contributed by atoms with Crippen molar-refractivity contribution in [2.24, 2.45) is 5.73 Å². The van der Waals surface area contributed by atoms with Gasteiger partial charge in [-0.2, -0.15) is 0 Å². The number of nitrogens with two attached hydrogens (primary N) is 1. The van der Waals surface area contributed by atoms with E-state index in [0.717, 1.165) is 10.6 Å². The minimum absolute atomic E-state index is 0.0285. The Morgan fingerprint density at radius 1 is 1.36 bits per heavy atom. The predicted octanol–water partition coefficient (Wildman–Crippen LogP) is 2.14. The summed E-state index contributed by atoms with van der Waals surface area (Å²) in [6.07, 6.45) is 0.140. The summed E-state index contributed by atoms with van der Waals surface area (Å²) in [7, 11) is 1.61. The second-order valence-electron chi connectivity index (χ2n) is 5.15. The Balaban J connectivity index is 1.97. The number of aromatic nitrogens is 1. The molecule has 10 heteroatoms. The monoisotopic (exact) mass is 380 g/mol. The van der Waals surface area contributed by atoms with Crippen LogP contribution in [0.3, 0.4) is 0 Å². The first kappa shape index (κ1) is 18.9. The minimum atomic E-state index is -0.490. The van der Waals surface area contributed by atoms with E-state index in [-0.39, 0.29) is 23.8 Å². The zero-order chi connectivity index (χ0) is 18.6. The maximum atomic E-state index is 12.3. The number of amides is 2. The van der Waals surface area contributed by atoms with Crippen LogP contribution in [0.4, 0.5) is 11.4 Å². The number of thioether (sulfide) groups is 1. The summed E-state index contributed by atoms with van der Waals surface area (Å²) in [5, 5.41) is 10.7. The Labute approximate surface area is 152 Å². The van der Waals surface area contributed by atoms with Crippen molar-refractivity contribution in [3.05, 3.63) is 45.0 Å². The number of benzene rings is 1. The maximum absolute atomic E-state index is 12.3. The summed E-state index contributed by atoms with van der Waals surface area (Å²) in [4.78, 5) is 40.0. The van der Waals surface area contributed by atoms with E-state index in [1.807, 2.05) is 0 Å². The van der Waals surface area contributed by atoms with E-state index in [2.05, 4.69) is 4.98 Å². The van der Waals surface area contributed by atoms with Gasteiger partial charge in [0.25, 0.3) is 5.69 Å². The first-order valence-electron chi connectivity index (χ1n) is 7.16. The molecule has 0 aliphatic heterocycles. The van der Waals surface area contributed by atoms with Gasteiger partial charge in [0.15, 0.2) is 4.34 Å². The van der Waals surface area contributed by atoms with E-state index in [4.69, 9.17) is 5.73 Å². The molecule has 2 N–H and O–H groups in total. The zero-order valence-corrected chi connectivity index (χ0v) is 15.2. The van der Waals surface area contributed by atoms with Crippen molar-refractivity contribution in [3.8, 4) is 0 Å². The number of anilines is 1. The van der Waals surface area contributed by atoms with Crippen molar-refractivity contribution < 1.29 is 14.5 Å². The molecule has 0 aliphatic rings. The fourth-order valence-electron chi connectivity index (χ4n) is 1.95. The SMILES string of the molecule is Cc1nc(SCC(=O)N(C)c2ccc([N+](=O)[O-])cc2)sc1CC(N)=O. The number of primary amides is 1. The van der Waals surface area contributed by atoms with Crippen LogP contribution in [0.25, 0.3) is 0 Å². The van der Waals surface area contributed by atoms with Gasteiger partial charge in [0.1, 0.15) is 0 Å². The van der Waals surface area contributed by atoms with Crippen molar-refractivity contribution in [1.82, 2.24) is 4.98 Å². The number of rotatable bonds is 7. The number of hydrogen-bond donors (Lipinski definition) is 1. The molecule has 2 rings (SSSR count). The molecular weight excluding hydrogens is 364 g/mol. The Morgan fingerprint density at radius 3 is 2.56 bits per heavy atom. The van der Waals surface area contributed by atoms with Crippen LogP contribution < -0.4 is 10.6 Å². The molecule has 8 nitrogen and oxygen atoms in total. The number of nitrogens with zero attached hydrogens (tertiary/aromatic N) is 3. The smallest absolute Gasteiger partial charge is 0.269 e. The molecule has 0 bridgehead atoms. The lowest BCUT2D eigenvalue weighted by atomic mass is 10.2. The topological polar surface area (TPSA) is 119 Å². The lowest BCUT2D eigenvalue weighted by molar-refractivity contribution is -0.384. The standard InChI is InChI=1S/C15H16N4O4S2/c1-9-12(7-13(16)20)25-15(17-9)24-8-14(21)18(2)10-3-5-11(6-4-10)19(22)23/h3-6H,7-8H2,1-2H3,(H2,16,20). The van der Waals surface area contributed by atoms with Crippen LogP contribution in [0, 0.1) is 17.0 Å². The molecule has 2 amide bonds. The van der Waals surface area contributed by atoms with Gasteiger partial charge in [0.05, 0.1) is 22.8 Å². The van der Waals surface area contributed by atoms with Gasteiger partial charge in [-0.15, -0.1) is 11.3 Å². The highest BCUT2D eigenvalue weighted by molar-refractivity contribution is 8.01. The van der Waals surface area contributed by atoms with E-state index in [1.165, 1.54) is 52.3 Å². The normalized spacial score (nSPS) is 10.5. The third-order valence-electron chi connectivity index (χ3n) is 3.35. The highest BCUT2D eigenvalue weighted by Crippen LogP contribution is 2.28. The number of nitro benzene ring substituents is 1. The first-order chi connectivity index (χ1) is 11.8. The molecular formula is C15H16N4O4S2. The summed E-state index contributed by atoms with van der Waals surface area (Å²) in [5.41, 5.74) is 6.47. The second-order valence-corrected chi connectivity index (χ2v) is 7.45. The summed E-state index contributed by atoms with van der Waals surface area (Å²) in [5.74, 6) is -0.420. The van der Waals surface area contributed by atoms with Crippen LogP contribution in [0.15, 0.2) is 28.6 Å². The number of thiazole rings is 1. The highest BCUT2D eigenvalue weighted by atomic mass is 32.2. The van der Waals surface area contributed by atoms with Crippen molar-refractivity contribution in [2.75, 3.05) is 17.7 Å². The quantitative estimate of drug-likeness (QED) is 0.446. The van der Waals surface area contributed by atoms with E-state index in [1.54, 1.807) is 14.0 Å². The number of carbonyl (C=O) groups is 2. The molecule has 0 saturated carbocycles. The van der Waals surface area contributed by atoms with Crippen LogP contribution in [-0.2, 0) is 16.0 Å². The van der Waals surface area contributed by atoms with Gasteiger partial charge >= 0.3 is 0 Å². The fraction of sp³-hybridized carbons (Fsp3) is 0.267.